The summed E-state index contributed by atoms with van der Waals surface area (Å²) in [6.07, 6.45) is 2.39. The van der Waals surface area contributed by atoms with E-state index in [0.29, 0.717) is 5.69 Å². The minimum absolute atomic E-state index is 0.226. The second kappa shape index (κ2) is 10.5. The van der Waals surface area contributed by atoms with E-state index in [1.165, 1.54) is 25.5 Å². The number of hydrogen-bond donors (Lipinski definition) is 3. The van der Waals surface area contributed by atoms with E-state index >= 15 is 0 Å². The highest BCUT2D eigenvalue weighted by Crippen LogP contribution is 2.37. The highest BCUT2D eigenvalue weighted by Gasteiger charge is 2.34. The topological polar surface area (TPSA) is 82.3 Å². The first-order valence-electron chi connectivity index (χ1n) is 10.7. The fourth-order valence-corrected chi connectivity index (χ4v) is 3.77. The van der Waals surface area contributed by atoms with Crippen molar-refractivity contribution < 1.29 is 13.2 Å². The molecule has 0 saturated carbocycles. The van der Waals surface area contributed by atoms with Crippen LogP contribution in [-0.4, -0.2) is 48.1 Å². The standard InChI is InChI=1S/C22H30F3N7/c1-3-32(17-13-18(22(23,24)25)30-21(26)20(17)27-2)15-16-7-8-19(29-14-16)28-9-12-31-10-5-4-6-11-31/h3,7-8,13-14,27H,1,4-6,9-12,15H2,2H3,(H2,26,30)(H,28,29). The van der Waals surface area contributed by atoms with Gasteiger partial charge in [-0.2, -0.15) is 13.2 Å². The maximum Gasteiger partial charge on any atom is 0.433 e. The summed E-state index contributed by atoms with van der Waals surface area (Å²) in [4.78, 5) is 11.9. The average molecular weight is 450 g/mol. The Balaban J connectivity index is 1.67. The Morgan fingerprint density at radius 3 is 2.59 bits per heavy atom. The number of aromatic nitrogens is 2. The Bertz CT molecular complexity index is 894. The number of rotatable bonds is 9. The zero-order valence-electron chi connectivity index (χ0n) is 18.3. The van der Waals surface area contributed by atoms with E-state index in [0.717, 1.165) is 43.6 Å². The van der Waals surface area contributed by atoms with Crippen LogP contribution in [0.5, 0.6) is 0 Å². The fourth-order valence-electron chi connectivity index (χ4n) is 3.77. The lowest BCUT2D eigenvalue weighted by molar-refractivity contribution is -0.141. The Morgan fingerprint density at radius 1 is 1.25 bits per heavy atom. The van der Waals surface area contributed by atoms with Crippen LogP contribution in [0.4, 0.5) is 36.2 Å². The molecular formula is C22H30F3N7. The van der Waals surface area contributed by atoms with E-state index in [2.05, 4.69) is 32.1 Å². The van der Waals surface area contributed by atoms with Crippen molar-refractivity contribution in [2.45, 2.75) is 32.0 Å². The molecule has 0 amide bonds. The quantitative estimate of drug-likeness (QED) is 0.530. The molecule has 2 aromatic heterocycles. The van der Waals surface area contributed by atoms with Crippen molar-refractivity contribution in [3.05, 3.63) is 48.4 Å². The third-order valence-electron chi connectivity index (χ3n) is 5.46. The first-order chi connectivity index (χ1) is 15.3. The minimum Gasteiger partial charge on any atom is -0.383 e. The monoisotopic (exact) mass is 449 g/mol. The fraction of sp³-hybridized carbons (Fsp3) is 0.455. The highest BCUT2D eigenvalue weighted by molar-refractivity contribution is 5.80. The Labute approximate surface area is 186 Å². The molecule has 1 aliphatic heterocycles. The third-order valence-corrected chi connectivity index (χ3v) is 5.46. The molecule has 2 aromatic rings. The largest absolute Gasteiger partial charge is 0.433 e. The van der Waals surface area contributed by atoms with Gasteiger partial charge in [0.15, 0.2) is 0 Å². The zero-order valence-corrected chi connectivity index (χ0v) is 18.3. The molecule has 10 heteroatoms. The van der Waals surface area contributed by atoms with Gasteiger partial charge < -0.3 is 26.2 Å². The molecule has 1 fully saturated rings. The zero-order chi connectivity index (χ0) is 23.1. The summed E-state index contributed by atoms with van der Waals surface area (Å²) in [6.45, 7) is 8.12. The molecule has 4 N–H and O–H groups in total. The van der Waals surface area contributed by atoms with Crippen molar-refractivity contribution in [1.82, 2.24) is 14.9 Å². The first kappa shape index (κ1) is 23.6. The van der Waals surface area contributed by atoms with Crippen LogP contribution < -0.4 is 21.3 Å². The molecule has 0 aromatic carbocycles. The number of hydrogen-bond acceptors (Lipinski definition) is 7. The van der Waals surface area contributed by atoms with Crippen molar-refractivity contribution >= 4 is 23.0 Å². The normalized spacial score (nSPS) is 14.8. The van der Waals surface area contributed by atoms with E-state index in [1.807, 2.05) is 12.1 Å². The number of nitrogen functional groups attached to an aromatic ring is 1. The van der Waals surface area contributed by atoms with Crippen molar-refractivity contribution in [1.29, 1.82) is 0 Å². The average Bonchev–Trinajstić information content (AvgIpc) is 2.78. The lowest BCUT2D eigenvalue weighted by atomic mass is 10.1. The van der Waals surface area contributed by atoms with Crippen molar-refractivity contribution in [3.8, 4) is 0 Å². The predicted octanol–water partition coefficient (Wildman–Crippen LogP) is 4.17. The SMILES string of the molecule is C=CN(Cc1ccc(NCCN2CCCCC2)nc1)c1cc(C(F)(F)F)nc(N)c1NC. The summed E-state index contributed by atoms with van der Waals surface area (Å²) in [5.74, 6) is 0.537. The molecule has 0 aliphatic carbocycles. The summed E-state index contributed by atoms with van der Waals surface area (Å²) in [6, 6.07) is 4.72. The number of alkyl halides is 3. The number of pyridine rings is 2. The lowest BCUT2D eigenvalue weighted by Gasteiger charge is -2.26. The molecule has 0 atom stereocenters. The van der Waals surface area contributed by atoms with Crippen LogP contribution in [0.1, 0.15) is 30.5 Å². The minimum atomic E-state index is -4.61. The third kappa shape index (κ3) is 6.03. The molecule has 0 spiro atoms. The van der Waals surface area contributed by atoms with E-state index in [1.54, 1.807) is 18.1 Å². The van der Waals surface area contributed by atoms with Gasteiger partial charge in [-0.25, -0.2) is 9.97 Å². The van der Waals surface area contributed by atoms with Gasteiger partial charge in [0.05, 0.1) is 5.69 Å². The first-order valence-corrected chi connectivity index (χ1v) is 10.7. The molecule has 0 bridgehead atoms. The summed E-state index contributed by atoms with van der Waals surface area (Å²) < 4.78 is 39.7. The number of likely N-dealkylation sites (tertiary alicyclic amines) is 1. The molecule has 32 heavy (non-hydrogen) atoms. The molecular weight excluding hydrogens is 419 g/mol. The lowest BCUT2D eigenvalue weighted by Crippen LogP contribution is -2.33. The Hall–Kier alpha value is -3.01. The van der Waals surface area contributed by atoms with Crippen molar-refractivity contribution in [3.63, 3.8) is 0 Å². The van der Waals surface area contributed by atoms with Gasteiger partial charge >= 0.3 is 6.18 Å². The van der Waals surface area contributed by atoms with Crippen molar-refractivity contribution in [2.24, 2.45) is 0 Å². The number of nitrogens with zero attached hydrogens (tertiary/aromatic N) is 4. The van der Waals surface area contributed by atoms with Crippen LogP contribution in [0.3, 0.4) is 0 Å². The smallest absolute Gasteiger partial charge is 0.383 e. The van der Waals surface area contributed by atoms with Crippen molar-refractivity contribution in [2.75, 3.05) is 54.5 Å². The van der Waals surface area contributed by atoms with Gasteiger partial charge in [-0.1, -0.05) is 19.1 Å². The van der Waals surface area contributed by atoms with Gasteiger partial charge in [0.2, 0.25) is 0 Å². The molecule has 174 valence electrons. The maximum absolute atomic E-state index is 13.2. The Morgan fingerprint density at radius 2 is 2.00 bits per heavy atom. The summed E-state index contributed by atoms with van der Waals surface area (Å²) in [5, 5.41) is 6.15. The Kier molecular flexibility index (Phi) is 7.79. The molecule has 1 aliphatic rings. The van der Waals surface area contributed by atoms with E-state index in [9.17, 15) is 13.2 Å². The van der Waals surface area contributed by atoms with Gasteiger partial charge in [0.25, 0.3) is 0 Å². The predicted molar refractivity (Wildman–Crippen MR) is 123 cm³/mol. The molecule has 3 rings (SSSR count). The molecule has 1 saturated heterocycles. The van der Waals surface area contributed by atoms with Crippen LogP contribution in [-0.2, 0) is 12.7 Å². The van der Waals surface area contributed by atoms with Crippen LogP contribution in [0.15, 0.2) is 37.2 Å². The van der Waals surface area contributed by atoms with Gasteiger partial charge in [-0.15, -0.1) is 0 Å². The van der Waals surface area contributed by atoms with Crippen LogP contribution in [0.25, 0.3) is 0 Å². The van der Waals surface area contributed by atoms with E-state index in [4.69, 9.17) is 5.73 Å². The van der Waals surface area contributed by atoms with E-state index in [-0.39, 0.29) is 18.1 Å². The van der Waals surface area contributed by atoms with Gasteiger partial charge in [0.1, 0.15) is 23.0 Å². The molecule has 0 radical (unpaired) electrons. The number of nitrogens with one attached hydrogen (secondary N) is 2. The highest BCUT2D eigenvalue weighted by atomic mass is 19.4. The van der Waals surface area contributed by atoms with Gasteiger partial charge in [-0.3, -0.25) is 0 Å². The molecule has 7 nitrogen and oxygen atoms in total. The van der Waals surface area contributed by atoms with Crippen LogP contribution in [0.2, 0.25) is 0 Å². The number of piperidine rings is 1. The van der Waals surface area contributed by atoms with Gasteiger partial charge in [0, 0.05) is 32.9 Å². The second-order valence-electron chi connectivity index (χ2n) is 7.73. The van der Waals surface area contributed by atoms with E-state index < -0.39 is 11.9 Å². The number of anilines is 4. The second-order valence-corrected chi connectivity index (χ2v) is 7.73. The molecule has 0 unspecified atom stereocenters. The number of nitrogens with two attached hydrogens (primary N) is 1. The maximum atomic E-state index is 13.2. The number of halogens is 3. The summed E-state index contributed by atoms with van der Waals surface area (Å²) in [5.41, 5.74) is 6.09. The summed E-state index contributed by atoms with van der Waals surface area (Å²) >= 11 is 0. The summed E-state index contributed by atoms with van der Waals surface area (Å²) in [7, 11) is 1.58. The van der Waals surface area contributed by atoms with Crippen LogP contribution >= 0.6 is 0 Å². The van der Waals surface area contributed by atoms with Gasteiger partial charge in [-0.05, 0) is 49.8 Å². The van der Waals surface area contributed by atoms with Crippen LogP contribution in [0, 0.1) is 0 Å². The molecule has 3 heterocycles.